The van der Waals surface area contributed by atoms with Gasteiger partial charge < -0.3 is 10.2 Å². The SMILES string of the molecule is CC.CC.O=[N+]([O-])c1ccc(C2CCN(C3CCNCC3)CC2)cc1. The highest BCUT2D eigenvalue weighted by atomic mass is 16.6. The van der Waals surface area contributed by atoms with Gasteiger partial charge in [0, 0.05) is 18.2 Å². The van der Waals surface area contributed by atoms with Crippen LogP contribution in [0.5, 0.6) is 0 Å². The molecule has 0 aromatic heterocycles. The van der Waals surface area contributed by atoms with Gasteiger partial charge in [-0.3, -0.25) is 10.1 Å². The Kier molecular flexibility index (Phi) is 10.3. The van der Waals surface area contributed by atoms with Crippen LogP contribution in [0, 0.1) is 10.1 Å². The van der Waals surface area contributed by atoms with E-state index in [0.717, 1.165) is 32.2 Å². The number of likely N-dealkylation sites (tertiary alicyclic amines) is 1. The van der Waals surface area contributed by atoms with Gasteiger partial charge in [-0.1, -0.05) is 39.8 Å². The number of piperidine rings is 2. The zero-order valence-corrected chi connectivity index (χ0v) is 16.3. The summed E-state index contributed by atoms with van der Waals surface area (Å²) >= 11 is 0. The van der Waals surface area contributed by atoms with E-state index in [2.05, 4.69) is 10.2 Å². The van der Waals surface area contributed by atoms with Crippen molar-refractivity contribution in [2.24, 2.45) is 0 Å². The minimum atomic E-state index is -0.330. The Bertz CT molecular complexity index is 476. The molecule has 5 nitrogen and oxygen atoms in total. The van der Waals surface area contributed by atoms with E-state index < -0.39 is 0 Å². The molecule has 0 bridgehead atoms. The molecule has 5 heteroatoms. The highest BCUT2D eigenvalue weighted by molar-refractivity contribution is 5.34. The first-order chi connectivity index (χ1) is 12.2. The molecule has 2 heterocycles. The van der Waals surface area contributed by atoms with Crippen LogP contribution in [0.15, 0.2) is 24.3 Å². The number of hydrogen-bond acceptors (Lipinski definition) is 4. The van der Waals surface area contributed by atoms with Crippen LogP contribution in [-0.2, 0) is 0 Å². The fourth-order valence-corrected chi connectivity index (χ4v) is 3.64. The van der Waals surface area contributed by atoms with Crippen molar-refractivity contribution >= 4 is 5.69 Å². The van der Waals surface area contributed by atoms with E-state index in [1.165, 1.54) is 31.2 Å². The van der Waals surface area contributed by atoms with Crippen molar-refractivity contribution in [1.82, 2.24) is 10.2 Å². The summed E-state index contributed by atoms with van der Waals surface area (Å²) in [6.45, 7) is 12.6. The third kappa shape index (κ3) is 6.40. The minimum Gasteiger partial charge on any atom is -0.317 e. The van der Waals surface area contributed by atoms with Crippen molar-refractivity contribution in [3.8, 4) is 0 Å². The van der Waals surface area contributed by atoms with Gasteiger partial charge in [-0.2, -0.15) is 0 Å². The van der Waals surface area contributed by atoms with Gasteiger partial charge in [-0.15, -0.1) is 0 Å². The number of nitro groups is 1. The lowest BCUT2D eigenvalue weighted by Gasteiger charge is -2.39. The van der Waals surface area contributed by atoms with E-state index in [1.807, 2.05) is 39.8 Å². The minimum absolute atomic E-state index is 0.186. The van der Waals surface area contributed by atoms with Crippen LogP contribution in [0.1, 0.15) is 64.9 Å². The number of nitro benzene ring substituents is 1. The van der Waals surface area contributed by atoms with E-state index in [4.69, 9.17) is 0 Å². The van der Waals surface area contributed by atoms with Crippen LogP contribution < -0.4 is 5.32 Å². The van der Waals surface area contributed by atoms with Gasteiger partial charge in [0.05, 0.1) is 4.92 Å². The Morgan fingerprint density at radius 2 is 1.48 bits per heavy atom. The average molecular weight is 350 g/mol. The van der Waals surface area contributed by atoms with Crippen molar-refractivity contribution in [2.75, 3.05) is 26.2 Å². The fourth-order valence-electron chi connectivity index (χ4n) is 3.64. The summed E-state index contributed by atoms with van der Waals surface area (Å²) in [5.41, 5.74) is 1.44. The Morgan fingerprint density at radius 1 is 0.960 bits per heavy atom. The van der Waals surface area contributed by atoms with Crippen LogP contribution in [0.4, 0.5) is 5.69 Å². The summed E-state index contributed by atoms with van der Waals surface area (Å²) < 4.78 is 0. The molecule has 0 saturated carbocycles. The molecule has 1 N–H and O–H groups in total. The second-order valence-corrected chi connectivity index (χ2v) is 6.14. The fraction of sp³-hybridized carbons (Fsp3) is 0.700. The lowest BCUT2D eigenvalue weighted by atomic mass is 9.88. The topological polar surface area (TPSA) is 58.4 Å². The van der Waals surface area contributed by atoms with Crippen LogP contribution in [-0.4, -0.2) is 42.0 Å². The first-order valence-electron chi connectivity index (χ1n) is 9.93. The molecule has 2 fully saturated rings. The molecule has 2 aliphatic rings. The van der Waals surface area contributed by atoms with Crippen LogP contribution in [0.2, 0.25) is 0 Å². The summed E-state index contributed by atoms with van der Waals surface area (Å²) in [6.07, 6.45) is 4.87. The molecule has 0 spiro atoms. The number of nitrogens with zero attached hydrogens (tertiary/aromatic N) is 2. The smallest absolute Gasteiger partial charge is 0.269 e. The van der Waals surface area contributed by atoms with Gasteiger partial charge in [0.25, 0.3) is 5.69 Å². The quantitative estimate of drug-likeness (QED) is 0.641. The highest BCUT2D eigenvalue weighted by Crippen LogP contribution is 2.30. The van der Waals surface area contributed by atoms with Gasteiger partial charge in [0.1, 0.15) is 0 Å². The number of non-ortho nitro benzene ring substituents is 1. The first-order valence-corrected chi connectivity index (χ1v) is 9.93. The summed E-state index contributed by atoms with van der Waals surface area (Å²) in [5, 5.41) is 14.1. The molecule has 0 unspecified atom stereocenters. The lowest BCUT2D eigenvalue weighted by molar-refractivity contribution is -0.384. The Morgan fingerprint density at radius 3 is 1.96 bits per heavy atom. The Labute approximate surface area is 153 Å². The van der Waals surface area contributed by atoms with Crippen LogP contribution in [0.25, 0.3) is 0 Å². The number of rotatable bonds is 3. The summed E-state index contributed by atoms with van der Waals surface area (Å²) in [7, 11) is 0. The number of hydrogen-bond donors (Lipinski definition) is 1. The molecule has 1 aromatic carbocycles. The average Bonchev–Trinajstić information content (AvgIpc) is 2.72. The Balaban J connectivity index is 0.000000730. The summed E-state index contributed by atoms with van der Waals surface area (Å²) in [6, 6.07) is 7.89. The maximum absolute atomic E-state index is 10.7. The van der Waals surface area contributed by atoms with Crippen molar-refractivity contribution in [1.29, 1.82) is 0 Å². The summed E-state index contributed by atoms with van der Waals surface area (Å²) in [5.74, 6) is 0.559. The van der Waals surface area contributed by atoms with E-state index in [0.29, 0.717) is 5.92 Å². The first kappa shape index (κ1) is 21.6. The molecule has 0 atom stereocenters. The van der Waals surface area contributed by atoms with Crippen molar-refractivity contribution < 1.29 is 4.92 Å². The third-order valence-electron chi connectivity index (χ3n) is 4.93. The highest BCUT2D eigenvalue weighted by Gasteiger charge is 2.26. The van der Waals surface area contributed by atoms with Gasteiger partial charge in [0.15, 0.2) is 0 Å². The van der Waals surface area contributed by atoms with E-state index in [-0.39, 0.29) is 10.6 Å². The van der Waals surface area contributed by atoms with E-state index >= 15 is 0 Å². The van der Waals surface area contributed by atoms with Crippen molar-refractivity contribution in [3.63, 3.8) is 0 Å². The molecule has 25 heavy (non-hydrogen) atoms. The van der Waals surface area contributed by atoms with Crippen LogP contribution in [0.3, 0.4) is 0 Å². The predicted octanol–water partition coefficient (Wildman–Crippen LogP) is 4.58. The maximum atomic E-state index is 10.7. The van der Waals surface area contributed by atoms with Gasteiger partial charge in [0.2, 0.25) is 0 Å². The summed E-state index contributed by atoms with van der Waals surface area (Å²) in [4.78, 5) is 13.0. The molecule has 2 aliphatic heterocycles. The van der Waals surface area contributed by atoms with E-state index in [9.17, 15) is 10.1 Å². The molecular formula is C20H35N3O2. The molecule has 3 rings (SSSR count). The predicted molar refractivity (Wildman–Crippen MR) is 105 cm³/mol. The standard InChI is InChI=1S/C16H23N3O2.2C2H6/c20-19(21)16-3-1-13(2-4-16)14-7-11-18(12-8-14)15-5-9-17-10-6-15;2*1-2/h1-4,14-15,17H,5-12H2;2*1-2H3. The molecule has 0 aliphatic carbocycles. The number of benzene rings is 1. The second-order valence-electron chi connectivity index (χ2n) is 6.14. The van der Waals surface area contributed by atoms with Crippen molar-refractivity contribution in [3.05, 3.63) is 39.9 Å². The number of nitrogens with one attached hydrogen (secondary N) is 1. The zero-order valence-electron chi connectivity index (χ0n) is 16.3. The lowest BCUT2D eigenvalue weighted by Crippen LogP contribution is -2.46. The molecule has 0 radical (unpaired) electrons. The molecular weight excluding hydrogens is 314 g/mol. The van der Waals surface area contributed by atoms with Gasteiger partial charge in [-0.25, -0.2) is 0 Å². The zero-order chi connectivity index (χ0) is 18.7. The van der Waals surface area contributed by atoms with E-state index in [1.54, 1.807) is 12.1 Å². The van der Waals surface area contributed by atoms with Crippen LogP contribution >= 0.6 is 0 Å². The normalized spacial score (nSPS) is 19.2. The molecule has 2 saturated heterocycles. The Hall–Kier alpha value is -1.46. The third-order valence-corrected chi connectivity index (χ3v) is 4.93. The molecule has 142 valence electrons. The van der Waals surface area contributed by atoms with Crippen molar-refractivity contribution in [2.45, 2.75) is 65.3 Å². The molecule has 0 amide bonds. The second kappa shape index (κ2) is 12.0. The monoisotopic (exact) mass is 349 g/mol. The van der Waals surface area contributed by atoms with Gasteiger partial charge >= 0.3 is 0 Å². The largest absolute Gasteiger partial charge is 0.317 e. The molecule has 1 aromatic rings. The van der Waals surface area contributed by atoms with Gasteiger partial charge in [-0.05, 0) is 63.3 Å². The maximum Gasteiger partial charge on any atom is 0.269 e.